The number of nitrogens with two attached hydrogens (primary N) is 2. The highest BCUT2D eigenvalue weighted by Crippen LogP contribution is 2.22. The average Bonchev–Trinajstić information content (AvgIpc) is 2.34. The summed E-state index contributed by atoms with van der Waals surface area (Å²) in [4.78, 5) is 13.2. The van der Waals surface area contributed by atoms with Crippen LogP contribution in [0.15, 0.2) is 18.2 Å². The van der Waals surface area contributed by atoms with Gasteiger partial charge < -0.3 is 16.4 Å². The topological polar surface area (TPSA) is 72.3 Å². The van der Waals surface area contributed by atoms with Gasteiger partial charge in [0.2, 0.25) is 5.91 Å². The number of rotatable bonds is 7. The lowest BCUT2D eigenvalue weighted by atomic mass is 10.1. The maximum Gasteiger partial charge on any atom is 0.236 e. The van der Waals surface area contributed by atoms with Gasteiger partial charge in [0.25, 0.3) is 0 Å². The maximum absolute atomic E-state index is 11.2. The predicted molar refractivity (Wildman–Crippen MR) is 75.4 cm³/mol. The molecule has 1 amide bonds. The molecular weight excluding hydrogens is 226 g/mol. The lowest BCUT2D eigenvalue weighted by Crippen LogP contribution is -2.35. The Morgan fingerprint density at radius 3 is 2.67 bits per heavy atom. The van der Waals surface area contributed by atoms with E-state index in [9.17, 15) is 4.79 Å². The molecule has 100 valence electrons. The van der Waals surface area contributed by atoms with Crippen molar-refractivity contribution in [1.29, 1.82) is 0 Å². The molecule has 0 aliphatic heterocycles. The molecule has 1 aromatic rings. The van der Waals surface area contributed by atoms with Gasteiger partial charge in [0.1, 0.15) is 0 Å². The number of primary amides is 1. The van der Waals surface area contributed by atoms with Crippen LogP contribution in [0.25, 0.3) is 0 Å². The van der Waals surface area contributed by atoms with Gasteiger partial charge in [0.15, 0.2) is 0 Å². The van der Waals surface area contributed by atoms with Gasteiger partial charge in [-0.2, -0.15) is 0 Å². The summed E-state index contributed by atoms with van der Waals surface area (Å²) in [5, 5.41) is 0. The second-order valence-electron chi connectivity index (χ2n) is 4.58. The molecule has 4 heteroatoms. The number of anilines is 1. The van der Waals surface area contributed by atoms with Gasteiger partial charge in [0, 0.05) is 18.8 Å². The molecule has 1 rings (SSSR count). The molecule has 0 radical (unpaired) electrons. The van der Waals surface area contributed by atoms with E-state index in [2.05, 4.69) is 13.0 Å². The molecule has 0 fully saturated rings. The normalized spacial score (nSPS) is 10.4. The van der Waals surface area contributed by atoms with Crippen LogP contribution in [0.2, 0.25) is 0 Å². The van der Waals surface area contributed by atoms with Crippen LogP contribution in [-0.2, 0) is 11.3 Å². The Morgan fingerprint density at radius 1 is 1.39 bits per heavy atom. The molecule has 0 unspecified atom stereocenters. The molecule has 0 aromatic heterocycles. The highest BCUT2D eigenvalue weighted by Gasteiger charge is 2.12. The molecular formula is C14H23N3O. The summed E-state index contributed by atoms with van der Waals surface area (Å²) < 4.78 is 0. The molecule has 18 heavy (non-hydrogen) atoms. The number of hydrogen-bond donors (Lipinski definition) is 2. The first-order valence-electron chi connectivity index (χ1n) is 6.41. The molecule has 0 saturated heterocycles. The molecule has 0 atom stereocenters. The van der Waals surface area contributed by atoms with Crippen molar-refractivity contribution in [3.63, 3.8) is 0 Å². The first kappa shape index (κ1) is 14.5. The molecule has 0 heterocycles. The minimum atomic E-state index is -0.310. The van der Waals surface area contributed by atoms with E-state index in [0.717, 1.165) is 36.2 Å². The molecule has 0 spiro atoms. The fourth-order valence-corrected chi connectivity index (χ4v) is 1.96. The van der Waals surface area contributed by atoms with Crippen LogP contribution < -0.4 is 16.4 Å². The highest BCUT2D eigenvalue weighted by molar-refractivity contribution is 5.80. The third-order valence-electron chi connectivity index (χ3n) is 2.93. The fourth-order valence-electron chi connectivity index (χ4n) is 1.96. The van der Waals surface area contributed by atoms with Crippen molar-refractivity contribution < 1.29 is 4.79 Å². The Morgan fingerprint density at radius 2 is 2.11 bits per heavy atom. The van der Waals surface area contributed by atoms with Crippen LogP contribution in [0.1, 0.15) is 30.9 Å². The van der Waals surface area contributed by atoms with E-state index in [1.165, 1.54) is 0 Å². The minimum absolute atomic E-state index is 0.246. The number of unbranched alkanes of at least 4 members (excludes halogenated alkanes) is 1. The summed E-state index contributed by atoms with van der Waals surface area (Å²) in [6.07, 6.45) is 2.12. The first-order chi connectivity index (χ1) is 8.58. The van der Waals surface area contributed by atoms with Crippen LogP contribution in [0, 0.1) is 6.92 Å². The summed E-state index contributed by atoms with van der Waals surface area (Å²) in [6, 6.07) is 6.12. The average molecular weight is 249 g/mol. The molecule has 0 aliphatic rings. The van der Waals surface area contributed by atoms with Gasteiger partial charge in [-0.05, 0) is 30.5 Å². The van der Waals surface area contributed by atoms with E-state index in [0.29, 0.717) is 6.54 Å². The molecule has 4 N–H and O–H groups in total. The molecule has 0 saturated carbocycles. The van der Waals surface area contributed by atoms with Gasteiger partial charge in [0.05, 0.1) is 6.54 Å². The Hall–Kier alpha value is -1.55. The molecule has 0 aliphatic carbocycles. The van der Waals surface area contributed by atoms with Crippen molar-refractivity contribution in [1.82, 2.24) is 0 Å². The SMILES string of the molecule is CCCCN(CC(N)=O)c1cc(C)ccc1CN. The second-order valence-corrected chi connectivity index (χ2v) is 4.58. The number of benzene rings is 1. The lowest BCUT2D eigenvalue weighted by Gasteiger charge is -2.26. The number of carbonyl (C=O) groups excluding carboxylic acids is 1. The third kappa shape index (κ3) is 4.04. The zero-order valence-corrected chi connectivity index (χ0v) is 11.3. The number of hydrogen-bond acceptors (Lipinski definition) is 3. The van der Waals surface area contributed by atoms with Crippen LogP contribution in [-0.4, -0.2) is 19.0 Å². The predicted octanol–water partition coefficient (Wildman–Crippen LogP) is 1.55. The van der Waals surface area contributed by atoms with Crippen LogP contribution in [0.3, 0.4) is 0 Å². The van der Waals surface area contributed by atoms with Crippen molar-refractivity contribution in [3.8, 4) is 0 Å². The number of amides is 1. The maximum atomic E-state index is 11.2. The smallest absolute Gasteiger partial charge is 0.236 e. The van der Waals surface area contributed by atoms with Gasteiger partial charge in [-0.25, -0.2) is 0 Å². The molecule has 1 aromatic carbocycles. The lowest BCUT2D eigenvalue weighted by molar-refractivity contribution is -0.116. The Balaban J connectivity index is 3.01. The van der Waals surface area contributed by atoms with Crippen LogP contribution in [0.5, 0.6) is 0 Å². The molecule has 0 bridgehead atoms. The van der Waals surface area contributed by atoms with Gasteiger partial charge in [-0.1, -0.05) is 25.5 Å². The Labute approximate surface area is 109 Å². The van der Waals surface area contributed by atoms with E-state index < -0.39 is 0 Å². The quantitative estimate of drug-likeness (QED) is 0.770. The number of carbonyl (C=O) groups is 1. The third-order valence-corrected chi connectivity index (χ3v) is 2.93. The van der Waals surface area contributed by atoms with Gasteiger partial charge >= 0.3 is 0 Å². The van der Waals surface area contributed by atoms with E-state index in [4.69, 9.17) is 11.5 Å². The zero-order valence-electron chi connectivity index (χ0n) is 11.3. The largest absolute Gasteiger partial charge is 0.368 e. The van der Waals surface area contributed by atoms with Crippen molar-refractivity contribution >= 4 is 11.6 Å². The monoisotopic (exact) mass is 249 g/mol. The van der Waals surface area contributed by atoms with Gasteiger partial charge in [-0.3, -0.25) is 4.79 Å². The van der Waals surface area contributed by atoms with E-state index >= 15 is 0 Å². The van der Waals surface area contributed by atoms with Gasteiger partial charge in [-0.15, -0.1) is 0 Å². The second kappa shape index (κ2) is 7.01. The summed E-state index contributed by atoms with van der Waals surface area (Å²) in [5.41, 5.74) is 14.3. The van der Waals surface area contributed by atoms with Crippen LogP contribution >= 0.6 is 0 Å². The highest BCUT2D eigenvalue weighted by atomic mass is 16.1. The Kier molecular flexibility index (Phi) is 5.65. The van der Waals surface area contributed by atoms with E-state index in [-0.39, 0.29) is 12.5 Å². The summed E-state index contributed by atoms with van der Waals surface area (Å²) in [6.45, 7) is 5.71. The van der Waals surface area contributed by atoms with E-state index in [1.54, 1.807) is 0 Å². The standard InChI is InChI=1S/C14H23N3O/c1-3-4-7-17(10-14(16)18)13-8-11(2)5-6-12(13)9-15/h5-6,8H,3-4,7,9-10,15H2,1-2H3,(H2,16,18). The Bertz CT molecular complexity index is 404. The minimum Gasteiger partial charge on any atom is -0.368 e. The summed E-state index contributed by atoms with van der Waals surface area (Å²) in [7, 11) is 0. The number of nitrogens with zero attached hydrogens (tertiary/aromatic N) is 1. The number of aryl methyl sites for hydroxylation is 1. The van der Waals surface area contributed by atoms with E-state index in [1.807, 2.05) is 24.0 Å². The summed E-state index contributed by atoms with van der Waals surface area (Å²) in [5.74, 6) is -0.310. The van der Waals surface area contributed by atoms with Crippen molar-refractivity contribution in [2.75, 3.05) is 18.0 Å². The summed E-state index contributed by atoms with van der Waals surface area (Å²) >= 11 is 0. The van der Waals surface area contributed by atoms with Crippen molar-refractivity contribution in [2.45, 2.75) is 33.2 Å². The van der Waals surface area contributed by atoms with Crippen LogP contribution in [0.4, 0.5) is 5.69 Å². The zero-order chi connectivity index (χ0) is 13.5. The first-order valence-corrected chi connectivity index (χ1v) is 6.41. The molecule has 4 nitrogen and oxygen atoms in total. The van der Waals surface area contributed by atoms with Crippen molar-refractivity contribution in [3.05, 3.63) is 29.3 Å². The van der Waals surface area contributed by atoms with Crippen molar-refractivity contribution in [2.24, 2.45) is 11.5 Å². The fraction of sp³-hybridized carbons (Fsp3) is 0.500.